The van der Waals surface area contributed by atoms with Gasteiger partial charge in [-0.05, 0) is 61.2 Å². The third-order valence-corrected chi connectivity index (χ3v) is 5.65. The van der Waals surface area contributed by atoms with Crippen molar-refractivity contribution < 1.29 is 18.0 Å². The number of halogens is 3. The summed E-state index contributed by atoms with van der Waals surface area (Å²) in [5, 5.41) is 11.3. The van der Waals surface area contributed by atoms with Crippen molar-refractivity contribution in [3.63, 3.8) is 0 Å². The van der Waals surface area contributed by atoms with Crippen molar-refractivity contribution in [1.29, 1.82) is 0 Å². The van der Waals surface area contributed by atoms with Crippen LogP contribution in [-0.2, 0) is 6.18 Å². The predicted octanol–water partition coefficient (Wildman–Crippen LogP) is 5.65. The third kappa shape index (κ3) is 5.07. The number of hydrogen-bond donors (Lipinski definition) is 1. The van der Waals surface area contributed by atoms with Crippen molar-refractivity contribution in [3.8, 4) is 11.3 Å². The summed E-state index contributed by atoms with van der Waals surface area (Å²) in [5.74, 6) is 1.00. The highest BCUT2D eigenvalue weighted by atomic mass is 19.4. The summed E-state index contributed by atoms with van der Waals surface area (Å²) >= 11 is 0. The lowest BCUT2D eigenvalue weighted by molar-refractivity contribution is -0.137. The molecule has 5 nitrogen and oxygen atoms in total. The second kappa shape index (κ2) is 8.98. The van der Waals surface area contributed by atoms with E-state index < -0.39 is 17.6 Å². The van der Waals surface area contributed by atoms with E-state index in [9.17, 15) is 18.0 Å². The first kappa shape index (κ1) is 21.8. The minimum atomic E-state index is -4.50. The summed E-state index contributed by atoms with van der Waals surface area (Å²) in [4.78, 5) is 14.6. The van der Waals surface area contributed by atoms with Crippen molar-refractivity contribution >= 4 is 17.4 Å². The van der Waals surface area contributed by atoms with Gasteiger partial charge in [0.15, 0.2) is 5.82 Å². The SMILES string of the molecule is CC1CCN(c2ccc(-c3ccc(NC(=O)c4cccc(C(F)(F)F)c4)cc3)nn2)CC1. The van der Waals surface area contributed by atoms with E-state index >= 15 is 0 Å². The number of nitrogens with zero attached hydrogens (tertiary/aromatic N) is 3. The number of anilines is 2. The lowest BCUT2D eigenvalue weighted by Gasteiger charge is -2.30. The van der Waals surface area contributed by atoms with Crippen molar-refractivity contribution in [1.82, 2.24) is 10.2 Å². The molecule has 3 aromatic rings. The van der Waals surface area contributed by atoms with Crippen LogP contribution in [0.4, 0.5) is 24.7 Å². The summed E-state index contributed by atoms with van der Waals surface area (Å²) < 4.78 is 38.6. The molecule has 1 aromatic heterocycles. The van der Waals surface area contributed by atoms with Crippen LogP contribution in [0, 0.1) is 5.92 Å². The summed E-state index contributed by atoms with van der Waals surface area (Å²) in [7, 11) is 0. The molecule has 1 aliphatic rings. The lowest BCUT2D eigenvalue weighted by Crippen LogP contribution is -2.33. The van der Waals surface area contributed by atoms with Crippen LogP contribution in [0.5, 0.6) is 0 Å². The Labute approximate surface area is 184 Å². The number of benzene rings is 2. The molecule has 2 heterocycles. The number of carbonyl (C=O) groups is 1. The van der Waals surface area contributed by atoms with E-state index in [1.54, 1.807) is 24.3 Å². The molecular weight excluding hydrogens is 417 g/mol. The Morgan fingerprint density at radius 1 is 1.00 bits per heavy atom. The number of aromatic nitrogens is 2. The minimum absolute atomic E-state index is 0.0579. The molecule has 0 aliphatic carbocycles. The van der Waals surface area contributed by atoms with E-state index in [0.29, 0.717) is 11.4 Å². The number of hydrogen-bond acceptors (Lipinski definition) is 4. The number of alkyl halides is 3. The molecule has 4 rings (SSSR count). The van der Waals surface area contributed by atoms with Crippen LogP contribution >= 0.6 is 0 Å². The molecule has 0 spiro atoms. The molecule has 1 N–H and O–H groups in total. The van der Waals surface area contributed by atoms with E-state index in [1.807, 2.05) is 12.1 Å². The Bertz CT molecular complexity index is 1070. The number of nitrogens with one attached hydrogen (secondary N) is 1. The first-order chi connectivity index (χ1) is 15.3. The van der Waals surface area contributed by atoms with Gasteiger partial charge in [0.2, 0.25) is 0 Å². The molecule has 0 saturated carbocycles. The molecule has 0 bridgehead atoms. The fraction of sp³-hybridized carbons (Fsp3) is 0.292. The molecule has 0 atom stereocenters. The molecule has 32 heavy (non-hydrogen) atoms. The zero-order valence-electron chi connectivity index (χ0n) is 17.6. The predicted molar refractivity (Wildman–Crippen MR) is 117 cm³/mol. The van der Waals surface area contributed by atoms with Gasteiger partial charge in [0.1, 0.15) is 0 Å². The van der Waals surface area contributed by atoms with Gasteiger partial charge in [0.25, 0.3) is 5.91 Å². The maximum Gasteiger partial charge on any atom is 0.416 e. The first-order valence-corrected chi connectivity index (χ1v) is 10.5. The van der Waals surface area contributed by atoms with E-state index in [0.717, 1.165) is 55.4 Å². The smallest absolute Gasteiger partial charge is 0.355 e. The van der Waals surface area contributed by atoms with Gasteiger partial charge in [-0.1, -0.05) is 25.1 Å². The monoisotopic (exact) mass is 440 g/mol. The minimum Gasteiger partial charge on any atom is -0.355 e. The topological polar surface area (TPSA) is 58.1 Å². The molecule has 1 aliphatic heterocycles. The van der Waals surface area contributed by atoms with Gasteiger partial charge >= 0.3 is 6.18 Å². The highest BCUT2D eigenvalue weighted by Crippen LogP contribution is 2.30. The van der Waals surface area contributed by atoms with Crippen LogP contribution in [0.3, 0.4) is 0 Å². The summed E-state index contributed by atoms with van der Waals surface area (Å²) in [6, 6.07) is 15.1. The second-order valence-corrected chi connectivity index (χ2v) is 8.06. The summed E-state index contributed by atoms with van der Waals surface area (Å²) in [5.41, 5.74) is 1.09. The van der Waals surface area contributed by atoms with Crippen molar-refractivity contribution in [3.05, 3.63) is 71.8 Å². The largest absolute Gasteiger partial charge is 0.416 e. The Balaban J connectivity index is 1.41. The second-order valence-electron chi connectivity index (χ2n) is 8.06. The van der Waals surface area contributed by atoms with Crippen LogP contribution in [0.1, 0.15) is 35.7 Å². The van der Waals surface area contributed by atoms with Crippen LogP contribution in [0.15, 0.2) is 60.7 Å². The van der Waals surface area contributed by atoms with Crippen LogP contribution in [-0.4, -0.2) is 29.2 Å². The van der Waals surface area contributed by atoms with E-state index in [-0.39, 0.29) is 5.56 Å². The van der Waals surface area contributed by atoms with Gasteiger partial charge in [-0.3, -0.25) is 4.79 Å². The van der Waals surface area contributed by atoms with Gasteiger partial charge in [0, 0.05) is 29.9 Å². The van der Waals surface area contributed by atoms with E-state index in [4.69, 9.17) is 0 Å². The summed E-state index contributed by atoms with van der Waals surface area (Å²) in [6.45, 7) is 4.22. The van der Waals surface area contributed by atoms with Gasteiger partial charge in [-0.2, -0.15) is 13.2 Å². The molecule has 1 fully saturated rings. The molecule has 0 radical (unpaired) electrons. The maximum absolute atomic E-state index is 12.9. The molecule has 166 valence electrons. The third-order valence-electron chi connectivity index (χ3n) is 5.65. The molecule has 1 amide bonds. The zero-order chi connectivity index (χ0) is 22.7. The Morgan fingerprint density at radius 2 is 1.72 bits per heavy atom. The average molecular weight is 440 g/mol. The van der Waals surface area contributed by atoms with Crippen molar-refractivity contribution in [2.24, 2.45) is 5.92 Å². The van der Waals surface area contributed by atoms with Gasteiger partial charge in [-0.15, -0.1) is 10.2 Å². The fourth-order valence-electron chi connectivity index (χ4n) is 3.65. The lowest BCUT2D eigenvalue weighted by atomic mass is 9.99. The number of piperidine rings is 1. The first-order valence-electron chi connectivity index (χ1n) is 10.5. The van der Waals surface area contributed by atoms with Crippen molar-refractivity contribution in [2.45, 2.75) is 25.9 Å². The normalized spacial score (nSPS) is 14.9. The molecule has 2 aromatic carbocycles. The van der Waals surface area contributed by atoms with Gasteiger partial charge in [0.05, 0.1) is 11.3 Å². The number of amides is 1. The van der Waals surface area contributed by atoms with Crippen molar-refractivity contribution in [2.75, 3.05) is 23.3 Å². The Morgan fingerprint density at radius 3 is 2.34 bits per heavy atom. The standard InChI is InChI=1S/C24H23F3N4O/c1-16-11-13-31(14-12-16)22-10-9-21(29-30-22)17-5-7-20(8-6-17)28-23(32)18-3-2-4-19(15-18)24(25,26)27/h2-10,15-16H,11-14H2,1H3,(H,28,32). The highest BCUT2D eigenvalue weighted by Gasteiger charge is 2.30. The zero-order valence-corrected chi connectivity index (χ0v) is 17.6. The van der Waals surface area contributed by atoms with Crippen LogP contribution < -0.4 is 10.2 Å². The van der Waals surface area contributed by atoms with Gasteiger partial charge in [-0.25, -0.2) is 0 Å². The number of rotatable bonds is 4. The molecular formula is C24H23F3N4O. The average Bonchev–Trinajstić information content (AvgIpc) is 2.80. The molecule has 0 unspecified atom stereocenters. The molecule has 1 saturated heterocycles. The van der Waals surface area contributed by atoms with Gasteiger partial charge < -0.3 is 10.2 Å². The fourth-order valence-corrected chi connectivity index (χ4v) is 3.65. The van der Waals surface area contributed by atoms with E-state index in [1.165, 1.54) is 12.1 Å². The van der Waals surface area contributed by atoms with Crippen LogP contribution in [0.25, 0.3) is 11.3 Å². The summed E-state index contributed by atoms with van der Waals surface area (Å²) in [6.07, 6.45) is -2.20. The number of carbonyl (C=O) groups excluding carboxylic acids is 1. The van der Waals surface area contributed by atoms with E-state index in [2.05, 4.69) is 27.3 Å². The highest BCUT2D eigenvalue weighted by molar-refractivity contribution is 6.04. The quantitative estimate of drug-likeness (QED) is 0.570. The Hall–Kier alpha value is -3.42. The van der Waals surface area contributed by atoms with Crippen LogP contribution in [0.2, 0.25) is 0 Å². The maximum atomic E-state index is 12.9. The Kier molecular flexibility index (Phi) is 6.12. The molecule has 8 heteroatoms.